The molecule has 154 valence electrons. The highest BCUT2D eigenvalue weighted by Gasteiger charge is 2.26. The zero-order valence-electron chi connectivity index (χ0n) is 18.0. The first-order chi connectivity index (χ1) is 12.6. The number of hydrogen-bond acceptors (Lipinski definition) is 5. The summed E-state index contributed by atoms with van der Waals surface area (Å²) in [4.78, 5) is 24.3. The fourth-order valence-corrected chi connectivity index (χ4v) is 2.28. The molecule has 0 saturated carbocycles. The molecule has 0 bridgehead atoms. The number of nitrogens with one attached hydrogen (secondary N) is 1. The van der Waals surface area contributed by atoms with Gasteiger partial charge in [0.05, 0.1) is 4.92 Å². The number of ether oxygens (including phenoxy) is 1. The zero-order valence-corrected chi connectivity index (χ0v) is 18.0. The van der Waals surface area contributed by atoms with Crippen LogP contribution in [-0.2, 0) is 4.74 Å². The number of carbonyl (C=O) groups excluding carboxylic acids is 1. The predicted molar refractivity (Wildman–Crippen MR) is 110 cm³/mol. The standard InChI is InChI=1S/C15H25N3O4.C3H4.C2H6/c1-6-12(18(20)21)13(16-5)11-7-9-17(10-8-11)14(19)22-15(2,3)4;1-3-2;1-2/h7,16H,6,8-10H2,1-5H3;1H,2H3;1-2H3/b13-12+;;. The monoisotopic (exact) mass is 381 g/mol. The summed E-state index contributed by atoms with van der Waals surface area (Å²) in [5, 5.41) is 14.0. The first-order valence-electron chi connectivity index (χ1n) is 9.21. The summed E-state index contributed by atoms with van der Waals surface area (Å²) in [5.74, 6) is 2.25. The number of likely N-dealkylation sites (N-methyl/N-ethyl adjacent to an activating group) is 1. The van der Waals surface area contributed by atoms with Gasteiger partial charge in [0, 0.05) is 26.6 Å². The van der Waals surface area contributed by atoms with Gasteiger partial charge in [0.25, 0.3) is 5.70 Å². The fraction of sp³-hybridized carbons (Fsp3) is 0.650. The molecule has 0 aromatic carbocycles. The van der Waals surface area contributed by atoms with E-state index in [0.29, 0.717) is 31.6 Å². The van der Waals surface area contributed by atoms with Gasteiger partial charge in [-0.2, -0.15) is 0 Å². The number of carbonyl (C=O) groups is 1. The maximum Gasteiger partial charge on any atom is 0.410 e. The molecule has 0 saturated heterocycles. The number of hydrogen-bond donors (Lipinski definition) is 1. The van der Waals surface area contributed by atoms with Crippen LogP contribution in [0.25, 0.3) is 0 Å². The van der Waals surface area contributed by atoms with Crippen LogP contribution in [0.15, 0.2) is 23.0 Å². The Bertz CT molecular complexity index is 581. The first-order valence-corrected chi connectivity index (χ1v) is 9.21. The molecular weight excluding hydrogens is 346 g/mol. The maximum absolute atomic E-state index is 12.0. The van der Waals surface area contributed by atoms with E-state index in [2.05, 4.69) is 17.7 Å². The number of terminal acetylenes is 1. The van der Waals surface area contributed by atoms with Crippen LogP contribution in [0.3, 0.4) is 0 Å². The smallest absolute Gasteiger partial charge is 0.410 e. The van der Waals surface area contributed by atoms with Crippen LogP contribution in [0, 0.1) is 22.5 Å². The summed E-state index contributed by atoms with van der Waals surface area (Å²) in [6.07, 6.45) is 6.99. The number of rotatable bonds is 4. The van der Waals surface area contributed by atoms with Crippen LogP contribution in [0.1, 0.15) is 61.3 Å². The van der Waals surface area contributed by atoms with Gasteiger partial charge in [0.1, 0.15) is 11.3 Å². The molecular formula is C20H35N3O4. The van der Waals surface area contributed by atoms with Gasteiger partial charge in [0.15, 0.2) is 0 Å². The molecule has 1 amide bonds. The fourth-order valence-electron chi connectivity index (χ4n) is 2.28. The Hall–Kier alpha value is -2.49. The van der Waals surface area contributed by atoms with E-state index in [0.717, 1.165) is 5.57 Å². The van der Waals surface area contributed by atoms with Crippen molar-refractivity contribution in [3.63, 3.8) is 0 Å². The summed E-state index contributed by atoms with van der Waals surface area (Å²) in [6, 6.07) is 0. The van der Waals surface area contributed by atoms with Crippen molar-refractivity contribution in [3.8, 4) is 12.3 Å². The molecule has 1 aliphatic rings. The van der Waals surface area contributed by atoms with Gasteiger partial charge in [-0.05, 0) is 39.7 Å². The van der Waals surface area contributed by atoms with Crippen molar-refractivity contribution in [2.45, 2.75) is 66.9 Å². The highest BCUT2D eigenvalue weighted by molar-refractivity contribution is 5.68. The van der Waals surface area contributed by atoms with Crippen LogP contribution >= 0.6 is 0 Å². The maximum atomic E-state index is 12.0. The summed E-state index contributed by atoms with van der Waals surface area (Å²) in [5.41, 5.74) is 1.06. The van der Waals surface area contributed by atoms with Crippen molar-refractivity contribution >= 4 is 6.09 Å². The minimum absolute atomic E-state index is 0.166. The predicted octanol–water partition coefficient (Wildman–Crippen LogP) is 4.34. The molecule has 7 heteroatoms. The molecule has 0 atom stereocenters. The lowest BCUT2D eigenvalue weighted by molar-refractivity contribution is -0.428. The second-order valence-electron chi connectivity index (χ2n) is 6.38. The van der Waals surface area contributed by atoms with Crippen LogP contribution in [-0.4, -0.2) is 41.7 Å². The minimum atomic E-state index is -0.530. The molecule has 0 aliphatic carbocycles. The Morgan fingerprint density at radius 1 is 1.44 bits per heavy atom. The minimum Gasteiger partial charge on any atom is -0.444 e. The van der Waals surface area contributed by atoms with E-state index in [1.165, 1.54) is 0 Å². The van der Waals surface area contributed by atoms with Gasteiger partial charge >= 0.3 is 6.09 Å². The van der Waals surface area contributed by atoms with Gasteiger partial charge in [-0.1, -0.05) is 26.8 Å². The molecule has 0 radical (unpaired) electrons. The van der Waals surface area contributed by atoms with Crippen molar-refractivity contribution in [1.82, 2.24) is 10.2 Å². The van der Waals surface area contributed by atoms with Crippen LogP contribution in [0.5, 0.6) is 0 Å². The Morgan fingerprint density at radius 2 is 1.96 bits per heavy atom. The van der Waals surface area contributed by atoms with E-state index < -0.39 is 5.60 Å². The summed E-state index contributed by atoms with van der Waals surface area (Å²) in [7, 11) is 1.68. The average Bonchev–Trinajstić information content (AvgIpc) is 2.60. The normalized spacial score (nSPS) is 14.0. The Morgan fingerprint density at radius 3 is 2.26 bits per heavy atom. The third-order valence-electron chi connectivity index (χ3n) is 3.28. The quantitative estimate of drug-likeness (QED) is 0.445. The molecule has 1 rings (SSSR count). The van der Waals surface area contributed by atoms with Gasteiger partial charge in [-0.3, -0.25) is 10.1 Å². The molecule has 1 aliphatic heterocycles. The number of amides is 1. The lowest BCUT2D eigenvalue weighted by Gasteiger charge is -2.30. The van der Waals surface area contributed by atoms with Crippen molar-refractivity contribution in [3.05, 3.63) is 33.2 Å². The van der Waals surface area contributed by atoms with Gasteiger partial charge in [-0.15, -0.1) is 12.3 Å². The van der Waals surface area contributed by atoms with Crippen LogP contribution < -0.4 is 5.32 Å². The molecule has 7 nitrogen and oxygen atoms in total. The SMILES string of the molecule is C#CC.CC.CC/C(=C(\NC)C1=CCN(C(=O)OC(C)(C)C)CC1)[N+](=O)[O-]. The molecule has 0 unspecified atom stereocenters. The van der Waals surface area contributed by atoms with E-state index in [1.54, 1.807) is 25.8 Å². The Labute approximate surface area is 164 Å². The highest BCUT2D eigenvalue weighted by Crippen LogP contribution is 2.23. The summed E-state index contributed by atoms with van der Waals surface area (Å²) < 4.78 is 5.33. The average molecular weight is 382 g/mol. The van der Waals surface area contributed by atoms with E-state index in [1.807, 2.05) is 40.7 Å². The van der Waals surface area contributed by atoms with Crippen LogP contribution in [0.2, 0.25) is 0 Å². The largest absolute Gasteiger partial charge is 0.444 e. The molecule has 0 aromatic rings. The van der Waals surface area contributed by atoms with Crippen molar-refractivity contribution in [2.24, 2.45) is 0 Å². The molecule has 1 heterocycles. The van der Waals surface area contributed by atoms with Crippen molar-refractivity contribution in [2.75, 3.05) is 20.1 Å². The third-order valence-corrected chi connectivity index (χ3v) is 3.28. The van der Waals surface area contributed by atoms with Crippen molar-refractivity contribution in [1.29, 1.82) is 0 Å². The lowest BCUT2D eigenvalue weighted by atomic mass is 10.0. The summed E-state index contributed by atoms with van der Waals surface area (Å²) in [6.45, 7) is 13.8. The number of nitrogens with zero attached hydrogens (tertiary/aromatic N) is 2. The zero-order chi connectivity index (χ0) is 21.6. The van der Waals surface area contributed by atoms with E-state index in [-0.39, 0.29) is 16.7 Å². The first kappa shape index (κ1) is 26.7. The molecule has 0 spiro atoms. The number of nitro groups is 1. The Balaban J connectivity index is 0. The van der Waals surface area contributed by atoms with E-state index in [4.69, 9.17) is 4.74 Å². The van der Waals surface area contributed by atoms with Gasteiger partial charge < -0.3 is 15.0 Å². The topological polar surface area (TPSA) is 84.7 Å². The van der Waals surface area contributed by atoms with E-state index in [9.17, 15) is 14.9 Å². The second kappa shape index (κ2) is 13.7. The third kappa shape index (κ3) is 10.3. The van der Waals surface area contributed by atoms with Gasteiger partial charge in [-0.25, -0.2) is 4.79 Å². The Kier molecular flexibility index (Phi) is 13.5. The van der Waals surface area contributed by atoms with Crippen molar-refractivity contribution < 1.29 is 14.5 Å². The molecule has 0 fully saturated rings. The second-order valence-corrected chi connectivity index (χ2v) is 6.38. The summed E-state index contributed by atoms with van der Waals surface area (Å²) >= 11 is 0. The van der Waals surface area contributed by atoms with E-state index >= 15 is 0 Å². The number of allylic oxidation sites excluding steroid dienone is 2. The lowest BCUT2D eigenvalue weighted by Crippen LogP contribution is -2.39. The highest BCUT2D eigenvalue weighted by atomic mass is 16.6. The molecule has 0 aromatic heterocycles. The molecule has 1 N–H and O–H groups in total. The van der Waals surface area contributed by atoms with Crippen LogP contribution in [0.4, 0.5) is 4.79 Å². The molecule has 27 heavy (non-hydrogen) atoms. The van der Waals surface area contributed by atoms with Gasteiger partial charge in [0.2, 0.25) is 0 Å².